The predicted molar refractivity (Wildman–Crippen MR) is 84.4 cm³/mol. The Kier molecular flexibility index (Phi) is 4.98. The highest BCUT2D eigenvalue weighted by Gasteiger charge is 2.21. The number of nitrogens with two attached hydrogens (primary N) is 1. The van der Waals surface area contributed by atoms with Crippen molar-refractivity contribution >= 4 is 34.0 Å². The standard InChI is InChI=1S/C13H18IN3O2/c14-12-9-11(17(18)19)1-2-13(12)16-7-4-10(3-6-15)5-8-16/h1-2,9-10H,3-8,15H2. The van der Waals surface area contributed by atoms with Gasteiger partial charge in [0, 0.05) is 28.8 Å². The summed E-state index contributed by atoms with van der Waals surface area (Å²) >= 11 is 2.18. The lowest BCUT2D eigenvalue weighted by atomic mass is 9.93. The molecule has 0 saturated carbocycles. The molecule has 19 heavy (non-hydrogen) atoms. The molecule has 1 saturated heterocycles. The maximum atomic E-state index is 10.7. The molecule has 0 spiro atoms. The fraction of sp³-hybridized carbons (Fsp3) is 0.538. The average Bonchev–Trinajstić information content (AvgIpc) is 2.40. The lowest BCUT2D eigenvalue weighted by Gasteiger charge is -2.34. The Balaban J connectivity index is 2.05. The molecule has 0 aliphatic carbocycles. The highest BCUT2D eigenvalue weighted by molar-refractivity contribution is 14.1. The number of benzene rings is 1. The number of piperidine rings is 1. The number of halogens is 1. The molecule has 104 valence electrons. The zero-order chi connectivity index (χ0) is 13.8. The van der Waals surface area contributed by atoms with E-state index in [0.29, 0.717) is 0 Å². The fourth-order valence-corrected chi connectivity index (χ4v) is 3.40. The summed E-state index contributed by atoms with van der Waals surface area (Å²) in [6, 6.07) is 5.09. The molecule has 0 radical (unpaired) electrons. The molecule has 1 heterocycles. The van der Waals surface area contributed by atoms with Gasteiger partial charge in [0.25, 0.3) is 5.69 Å². The summed E-state index contributed by atoms with van der Waals surface area (Å²) in [6.45, 7) is 2.79. The average molecular weight is 375 g/mol. The van der Waals surface area contributed by atoms with E-state index in [1.165, 1.54) is 0 Å². The van der Waals surface area contributed by atoms with Crippen LogP contribution in [0.15, 0.2) is 18.2 Å². The third-order valence-corrected chi connectivity index (χ3v) is 4.54. The number of nitrogens with zero attached hydrogens (tertiary/aromatic N) is 2. The minimum Gasteiger partial charge on any atom is -0.371 e. The molecule has 1 fully saturated rings. The van der Waals surface area contributed by atoms with Crippen molar-refractivity contribution in [2.45, 2.75) is 19.3 Å². The smallest absolute Gasteiger partial charge is 0.270 e. The van der Waals surface area contributed by atoms with Crippen molar-refractivity contribution in [2.24, 2.45) is 11.7 Å². The molecule has 6 heteroatoms. The van der Waals surface area contributed by atoms with Crippen molar-refractivity contribution in [2.75, 3.05) is 24.5 Å². The summed E-state index contributed by atoms with van der Waals surface area (Å²) in [7, 11) is 0. The van der Waals surface area contributed by atoms with Gasteiger partial charge in [0.15, 0.2) is 0 Å². The van der Waals surface area contributed by atoms with Crippen molar-refractivity contribution in [1.82, 2.24) is 0 Å². The lowest BCUT2D eigenvalue weighted by molar-refractivity contribution is -0.384. The van der Waals surface area contributed by atoms with E-state index in [2.05, 4.69) is 27.5 Å². The number of anilines is 1. The Morgan fingerprint density at radius 3 is 2.63 bits per heavy atom. The molecule has 1 aromatic rings. The SMILES string of the molecule is NCCC1CCN(c2ccc([N+](=O)[O-])cc2I)CC1. The van der Waals surface area contributed by atoms with Crippen molar-refractivity contribution in [3.8, 4) is 0 Å². The van der Waals surface area contributed by atoms with Gasteiger partial charge in [-0.3, -0.25) is 10.1 Å². The van der Waals surface area contributed by atoms with Gasteiger partial charge >= 0.3 is 0 Å². The van der Waals surface area contributed by atoms with Crippen molar-refractivity contribution in [3.05, 3.63) is 31.9 Å². The van der Waals surface area contributed by atoms with Gasteiger partial charge in [-0.15, -0.1) is 0 Å². The first-order valence-corrected chi connectivity index (χ1v) is 7.58. The van der Waals surface area contributed by atoms with Crippen molar-refractivity contribution < 1.29 is 4.92 Å². The van der Waals surface area contributed by atoms with Crippen LogP contribution in [-0.2, 0) is 0 Å². The second kappa shape index (κ2) is 6.51. The molecule has 0 bridgehead atoms. The zero-order valence-electron chi connectivity index (χ0n) is 10.7. The normalized spacial score (nSPS) is 16.6. The maximum absolute atomic E-state index is 10.7. The summed E-state index contributed by atoms with van der Waals surface area (Å²) in [5, 5.41) is 10.7. The Morgan fingerprint density at radius 1 is 1.42 bits per heavy atom. The second-order valence-corrected chi connectivity index (χ2v) is 6.06. The fourth-order valence-electron chi connectivity index (χ4n) is 2.56. The van der Waals surface area contributed by atoms with Crippen LogP contribution >= 0.6 is 22.6 Å². The lowest BCUT2D eigenvalue weighted by Crippen LogP contribution is -2.34. The monoisotopic (exact) mass is 375 g/mol. The summed E-state index contributed by atoms with van der Waals surface area (Å²) in [5.41, 5.74) is 6.86. The van der Waals surface area contributed by atoms with E-state index in [9.17, 15) is 10.1 Å². The van der Waals surface area contributed by atoms with E-state index >= 15 is 0 Å². The van der Waals surface area contributed by atoms with Crippen LogP contribution in [-0.4, -0.2) is 24.6 Å². The molecule has 2 N–H and O–H groups in total. The largest absolute Gasteiger partial charge is 0.371 e. The summed E-state index contributed by atoms with van der Waals surface area (Å²) in [6.07, 6.45) is 3.42. The number of hydrogen-bond acceptors (Lipinski definition) is 4. The minimum absolute atomic E-state index is 0.158. The number of nitro benzene ring substituents is 1. The molecule has 0 unspecified atom stereocenters. The molecule has 0 atom stereocenters. The Morgan fingerprint density at radius 2 is 2.11 bits per heavy atom. The van der Waals surface area contributed by atoms with E-state index < -0.39 is 0 Å². The Bertz CT molecular complexity index is 459. The molecule has 1 aliphatic heterocycles. The topological polar surface area (TPSA) is 72.4 Å². The highest BCUT2D eigenvalue weighted by Crippen LogP contribution is 2.30. The van der Waals surface area contributed by atoms with Crippen LogP contribution in [0, 0.1) is 19.6 Å². The molecule has 1 aliphatic rings. The molecule has 1 aromatic carbocycles. The highest BCUT2D eigenvalue weighted by atomic mass is 127. The van der Waals surface area contributed by atoms with Crippen LogP contribution in [0.3, 0.4) is 0 Å². The molecule has 2 rings (SSSR count). The van der Waals surface area contributed by atoms with Crippen LogP contribution in [0.2, 0.25) is 0 Å². The third-order valence-electron chi connectivity index (χ3n) is 3.67. The van der Waals surface area contributed by atoms with E-state index in [4.69, 9.17) is 5.73 Å². The van der Waals surface area contributed by atoms with Gasteiger partial charge in [-0.2, -0.15) is 0 Å². The zero-order valence-corrected chi connectivity index (χ0v) is 12.9. The molecular weight excluding hydrogens is 357 g/mol. The number of nitro groups is 1. The summed E-state index contributed by atoms with van der Waals surface area (Å²) in [5.74, 6) is 0.733. The molecule has 0 aromatic heterocycles. The maximum Gasteiger partial charge on any atom is 0.270 e. The van der Waals surface area contributed by atoms with Gasteiger partial charge in [0.2, 0.25) is 0 Å². The summed E-state index contributed by atoms with van der Waals surface area (Å²) in [4.78, 5) is 12.7. The Hall–Kier alpha value is -0.890. The van der Waals surface area contributed by atoms with Crippen molar-refractivity contribution in [3.63, 3.8) is 0 Å². The van der Waals surface area contributed by atoms with Crippen LogP contribution < -0.4 is 10.6 Å². The van der Waals surface area contributed by atoms with Gasteiger partial charge in [-0.25, -0.2) is 0 Å². The molecule has 5 nitrogen and oxygen atoms in total. The molecular formula is C13H18IN3O2. The van der Waals surface area contributed by atoms with Crippen molar-refractivity contribution in [1.29, 1.82) is 0 Å². The summed E-state index contributed by atoms with van der Waals surface area (Å²) < 4.78 is 0.948. The minimum atomic E-state index is -0.348. The van der Waals surface area contributed by atoms with Gasteiger partial charge in [0.05, 0.1) is 10.6 Å². The number of hydrogen-bond donors (Lipinski definition) is 1. The van der Waals surface area contributed by atoms with Crippen LogP contribution in [0.1, 0.15) is 19.3 Å². The Labute approximate surface area is 126 Å². The first kappa shape index (κ1) is 14.5. The van der Waals surface area contributed by atoms with Crippen LogP contribution in [0.4, 0.5) is 11.4 Å². The second-order valence-electron chi connectivity index (χ2n) is 4.90. The van der Waals surface area contributed by atoms with E-state index in [1.54, 1.807) is 12.1 Å². The molecule has 0 amide bonds. The third kappa shape index (κ3) is 3.56. The van der Waals surface area contributed by atoms with Gasteiger partial charge in [0.1, 0.15) is 0 Å². The first-order valence-electron chi connectivity index (χ1n) is 6.50. The van der Waals surface area contributed by atoms with E-state index in [0.717, 1.165) is 54.1 Å². The first-order chi connectivity index (χ1) is 9.11. The number of non-ortho nitro benzene ring substituents is 1. The van der Waals surface area contributed by atoms with Crippen LogP contribution in [0.5, 0.6) is 0 Å². The van der Waals surface area contributed by atoms with E-state index in [1.807, 2.05) is 6.07 Å². The van der Waals surface area contributed by atoms with Gasteiger partial charge in [-0.1, -0.05) is 0 Å². The van der Waals surface area contributed by atoms with Gasteiger partial charge < -0.3 is 10.6 Å². The van der Waals surface area contributed by atoms with E-state index in [-0.39, 0.29) is 10.6 Å². The van der Waals surface area contributed by atoms with Gasteiger partial charge in [-0.05, 0) is 60.4 Å². The predicted octanol–water partition coefficient (Wildman–Crippen LogP) is 2.76. The quantitative estimate of drug-likeness (QED) is 0.499. The van der Waals surface area contributed by atoms with Crippen LogP contribution in [0.25, 0.3) is 0 Å². The number of rotatable bonds is 4.